The maximum atomic E-state index is 13.6. The van der Waals surface area contributed by atoms with E-state index >= 15 is 0 Å². The Morgan fingerprint density at radius 3 is 2.78 bits per heavy atom. The number of fused-ring (bicyclic) bond motifs is 4. The average Bonchev–Trinajstić information content (AvgIpc) is 2.70. The number of hydrogen-bond donors (Lipinski definition) is 0. The van der Waals surface area contributed by atoms with Crippen molar-refractivity contribution >= 4 is 32.3 Å². The van der Waals surface area contributed by atoms with Gasteiger partial charge in [-0.2, -0.15) is 0 Å². The van der Waals surface area contributed by atoms with Crippen LogP contribution in [-0.2, 0) is 12.8 Å². The van der Waals surface area contributed by atoms with Crippen molar-refractivity contribution in [1.82, 2.24) is 0 Å². The molecule has 0 atom stereocenters. The number of allylic oxidation sites excluding steroid dienone is 4. The molecule has 3 aromatic carbocycles. The highest BCUT2D eigenvalue weighted by Crippen LogP contribution is 2.41. The molecule has 0 saturated carbocycles. The first kappa shape index (κ1) is 16.9. The summed E-state index contributed by atoms with van der Waals surface area (Å²) >= 11 is 3.32. The SMILES string of the molecule is Fc1ccc(Cc2cccc3ccc4c(c23)CCC2=C4C=CCC2)cc1Br. The van der Waals surface area contributed by atoms with Crippen LogP contribution in [0.4, 0.5) is 4.39 Å². The van der Waals surface area contributed by atoms with Crippen molar-refractivity contribution in [1.29, 1.82) is 0 Å². The van der Waals surface area contributed by atoms with Crippen LogP contribution in [0, 0.1) is 5.82 Å². The van der Waals surface area contributed by atoms with Gasteiger partial charge in [-0.1, -0.05) is 54.1 Å². The topological polar surface area (TPSA) is 0 Å². The molecule has 0 spiro atoms. The monoisotopic (exact) mass is 418 g/mol. The molecular formula is C25H20BrF. The Kier molecular flexibility index (Phi) is 4.24. The number of aryl methyl sites for hydroxylation is 1. The van der Waals surface area contributed by atoms with Crippen molar-refractivity contribution in [3.05, 3.63) is 98.8 Å². The summed E-state index contributed by atoms with van der Waals surface area (Å²) in [5.41, 5.74) is 8.41. The first-order valence-corrected chi connectivity index (χ1v) is 10.4. The predicted octanol–water partition coefficient (Wildman–Crippen LogP) is 7.38. The van der Waals surface area contributed by atoms with Crippen LogP contribution in [-0.4, -0.2) is 0 Å². The molecule has 0 amide bonds. The first-order chi connectivity index (χ1) is 13.2. The van der Waals surface area contributed by atoms with E-state index in [2.05, 4.69) is 58.4 Å². The third-order valence-corrected chi connectivity index (χ3v) is 6.47. The average molecular weight is 419 g/mol. The second-order valence-corrected chi connectivity index (χ2v) is 8.34. The number of hydrogen-bond acceptors (Lipinski definition) is 0. The summed E-state index contributed by atoms with van der Waals surface area (Å²) in [5.74, 6) is -0.211. The molecule has 2 aliphatic rings. The van der Waals surface area contributed by atoms with E-state index in [9.17, 15) is 4.39 Å². The summed E-state index contributed by atoms with van der Waals surface area (Å²) in [4.78, 5) is 0. The van der Waals surface area contributed by atoms with Crippen LogP contribution in [0.3, 0.4) is 0 Å². The van der Waals surface area contributed by atoms with Crippen LogP contribution in [0.25, 0.3) is 16.3 Å². The molecule has 3 aromatic rings. The lowest BCUT2D eigenvalue weighted by molar-refractivity contribution is 0.620. The van der Waals surface area contributed by atoms with E-state index in [-0.39, 0.29) is 5.82 Å². The van der Waals surface area contributed by atoms with Gasteiger partial charge in [-0.15, -0.1) is 0 Å². The molecule has 0 unspecified atom stereocenters. The molecule has 0 heterocycles. The smallest absolute Gasteiger partial charge is 0.137 e. The zero-order valence-corrected chi connectivity index (χ0v) is 16.7. The summed E-state index contributed by atoms with van der Waals surface area (Å²) < 4.78 is 14.1. The van der Waals surface area contributed by atoms with Crippen LogP contribution < -0.4 is 0 Å². The lowest BCUT2D eigenvalue weighted by Gasteiger charge is -2.26. The molecule has 0 aliphatic heterocycles. The van der Waals surface area contributed by atoms with Crippen molar-refractivity contribution in [2.75, 3.05) is 0 Å². The minimum absolute atomic E-state index is 0.211. The Labute approximate surface area is 167 Å². The number of benzene rings is 3. The van der Waals surface area contributed by atoms with E-state index < -0.39 is 0 Å². The van der Waals surface area contributed by atoms with E-state index in [1.807, 2.05) is 12.1 Å². The van der Waals surface area contributed by atoms with Gasteiger partial charge in [0, 0.05) is 0 Å². The van der Waals surface area contributed by atoms with Crippen molar-refractivity contribution < 1.29 is 4.39 Å². The highest BCUT2D eigenvalue weighted by Gasteiger charge is 2.21. The van der Waals surface area contributed by atoms with Gasteiger partial charge in [-0.25, -0.2) is 4.39 Å². The fourth-order valence-electron chi connectivity index (χ4n) is 4.59. The minimum Gasteiger partial charge on any atom is -0.206 e. The Hall–Kier alpha value is -2.19. The maximum Gasteiger partial charge on any atom is 0.137 e. The lowest BCUT2D eigenvalue weighted by Crippen LogP contribution is -2.08. The van der Waals surface area contributed by atoms with Gasteiger partial charge in [0.2, 0.25) is 0 Å². The minimum atomic E-state index is -0.211. The van der Waals surface area contributed by atoms with Gasteiger partial charge in [-0.3, -0.25) is 0 Å². The summed E-state index contributed by atoms with van der Waals surface area (Å²) in [6.07, 6.45) is 10.1. The molecule has 2 heteroatoms. The van der Waals surface area contributed by atoms with E-state index in [1.165, 1.54) is 52.3 Å². The first-order valence-electron chi connectivity index (χ1n) is 9.57. The second-order valence-electron chi connectivity index (χ2n) is 7.49. The Balaban J connectivity index is 1.67. The van der Waals surface area contributed by atoms with Crippen LogP contribution in [0.5, 0.6) is 0 Å². The largest absolute Gasteiger partial charge is 0.206 e. The molecule has 0 radical (unpaired) electrons. The van der Waals surface area contributed by atoms with Gasteiger partial charge in [0.15, 0.2) is 0 Å². The Morgan fingerprint density at radius 2 is 1.89 bits per heavy atom. The molecule has 0 bridgehead atoms. The molecule has 27 heavy (non-hydrogen) atoms. The predicted molar refractivity (Wildman–Crippen MR) is 114 cm³/mol. The molecule has 5 rings (SSSR count). The number of rotatable bonds is 2. The molecule has 2 aliphatic carbocycles. The molecule has 0 N–H and O–H groups in total. The van der Waals surface area contributed by atoms with Gasteiger partial charge in [0.05, 0.1) is 4.47 Å². The molecule has 0 aromatic heterocycles. The zero-order valence-electron chi connectivity index (χ0n) is 15.1. The molecule has 134 valence electrons. The molecule has 0 nitrogen and oxygen atoms in total. The van der Waals surface area contributed by atoms with Crippen molar-refractivity contribution in [2.45, 2.75) is 32.1 Å². The molecule has 0 saturated heterocycles. The van der Waals surface area contributed by atoms with Crippen molar-refractivity contribution in [3.63, 3.8) is 0 Å². The second kappa shape index (κ2) is 6.76. The summed E-state index contributed by atoms with van der Waals surface area (Å²) in [6, 6.07) is 16.5. The van der Waals surface area contributed by atoms with Crippen molar-refractivity contribution in [3.8, 4) is 0 Å². The maximum absolute atomic E-state index is 13.6. The highest BCUT2D eigenvalue weighted by molar-refractivity contribution is 9.10. The van der Waals surface area contributed by atoms with Crippen LogP contribution in [0.15, 0.2) is 70.7 Å². The third-order valence-electron chi connectivity index (χ3n) is 5.86. The number of halogens is 2. The van der Waals surface area contributed by atoms with Gasteiger partial charge >= 0.3 is 0 Å². The quantitative estimate of drug-likeness (QED) is 0.407. The standard InChI is InChI=1S/C25H20BrF/c26-23-15-16(8-13-24(23)27)14-19-6-3-5-18-10-11-21-20-7-2-1-4-17(20)9-12-22(21)25(18)19/h2-3,5-8,10-11,13,15H,1,4,9,12,14H2. The van der Waals surface area contributed by atoms with Gasteiger partial charge in [0.25, 0.3) is 0 Å². The normalized spacial score (nSPS) is 15.8. The third kappa shape index (κ3) is 2.96. The van der Waals surface area contributed by atoms with E-state index in [4.69, 9.17) is 0 Å². The summed E-state index contributed by atoms with van der Waals surface area (Å²) in [7, 11) is 0. The summed E-state index contributed by atoms with van der Waals surface area (Å²) in [5, 5.41) is 2.69. The van der Waals surface area contributed by atoms with Crippen molar-refractivity contribution in [2.24, 2.45) is 0 Å². The van der Waals surface area contributed by atoms with Crippen LogP contribution >= 0.6 is 15.9 Å². The van der Waals surface area contributed by atoms with Crippen LogP contribution in [0.2, 0.25) is 0 Å². The van der Waals surface area contributed by atoms with Gasteiger partial charge < -0.3 is 0 Å². The Morgan fingerprint density at radius 1 is 0.963 bits per heavy atom. The zero-order chi connectivity index (χ0) is 18.4. The molecule has 0 fully saturated rings. The van der Waals surface area contributed by atoms with Gasteiger partial charge in [0.1, 0.15) is 5.82 Å². The fourth-order valence-corrected chi connectivity index (χ4v) is 5.02. The highest BCUT2D eigenvalue weighted by atomic mass is 79.9. The van der Waals surface area contributed by atoms with E-state index in [0.29, 0.717) is 4.47 Å². The fraction of sp³-hybridized carbons (Fsp3) is 0.200. The lowest BCUT2D eigenvalue weighted by atomic mass is 9.78. The Bertz CT molecular complexity index is 1120. The van der Waals surface area contributed by atoms with Gasteiger partial charge in [-0.05, 0) is 98.8 Å². The van der Waals surface area contributed by atoms with E-state index in [0.717, 1.165) is 18.4 Å². The summed E-state index contributed by atoms with van der Waals surface area (Å²) in [6.45, 7) is 0. The van der Waals surface area contributed by atoms with E-state index in [1.54, 1.807) is 11.6 Å². The molecular weight excluding hydrogens is 399 g/mol. The van der Waals surface area contributed by atoms with Crippen LogP contribution in [0.1, 0.15) is 41.5 Å².